The maximum absolute atomic E-state index is 13.2. The number of hydrogen-bond donors (Lipinski definition) is 0. The lowest BCUT2D eigenvalue weighted by atomic mass is 9.97. The summed E-state index contributed by atoms with van der Waals surface area (Å²) < 4.78 is 2.17. The number of benzene rings is 3. The molecule has 0 fully saturated rings. The van der Waals surface area contributed by atoms with Gasteiger partial charge in [0.05, 0.1) is 5.52 Å². The SMILES string of the molecule is CCn1c2ccc(C(=O)c3ccccc3C)cc2c2cc3c(cc21)SC(=NOC(C)=O)C3=O. The number of Topliss-reactive ketones (excluding diaryl/α,β-unsaturated/α-hetero) is 1. The van der Waals surface area contributed by atoms with Crippen molar-refractivity contribution < 1.29 is 19.2 Å². The van der Waals surface area contributed by atoms with Gasteiger partial charge in [-0.1, -0.05) is 41.2 Å². The topological polar surface area (TPSA) is 77.7 Å². The molecule has 3 aromatic carbocycles. The maximum Gasteiger partial charge on any atom is 0.332 e. The van der Waals surface area contributed by atoms with Gasteiger partial charge in [0.2, 0.25) is 5.78 Å². The van der Waals surface area contributed by atoms with Gasteiger partial charge in [0.25, 0.3) is 0 Å². The Bertz CT molecular complexity index is 1530. The number of carbonyl (C=O) groups excluding carboxylic acids is 3. The van der Waals surface area contributed by atoms with E-state index in [4.69, 9.17) is 0 Å². The van der Waals surface area contributed by atoms with Gasteiger partial charge in [-0.3, -0.25) is 9.59 Å². The van der Waals surface area contributed by atoms with Crippen LogP contribution in [0.25, 0.3) is 21.8 Å². The van der Waals surface area contributed by atoms with Crippen molar-refractivity contribution in [3.8, 4) is 0 Å². The van der Waals surface area contributed by atoms with Crippen molar-refractivity contribution in [1.82, 2.24) is 4.57 Å². The smallest absolute Gasteiger partial charge is 0.332 e. The number of hydrogen-bond acceptors (Lipinski definition) is 6. The summed E-state index contributed by atoms with van der Waals surface area (Å²) >= 11 is 1.19. The molecule has 7 heteroatoms. The van der Waals surface area contributed by atoms with Crippen LogP contribution in [0.5, 0.6) is 0 Å². The fourth-order valence-electron chi connectivity index (χ4n) is 4.28. The highest BCUT2D eigenvalue weighted by atomic mass is 32.2. The molecule has 0 spiro atoms. The summed E-state index contributed by atoms with van der Waals surface area (Å²) in [6.07, 6.45) is 0. The molecular formula is C26H20N2O4S. The van der Waals surface area contributed by atoms with E-state index in [0.29, 0.717) is 16.7 Å². The first-order chi connectivity index (χ1) is 15.9. The van der Waals surface area contributed by atoms with Gasteiger partial charge in [-0.05, 0) is 49.7 Å². The summed E-state index contributed by atoms with van der Waals surface area (Å²) in [6, 6.07) is 17.1. The predicted octanol–water partition coefficient (Wildman–Crippen LogP) is 5.52. The third-order valence-corrected chi connectivity index (χ3v) is 6.85. The lowest BCUT2D eigenvalue weighted by molar-refractivity contribution is -0.140. The molecule has 1 aliphatic rings. The quantitative estimate of drug-likeness (QED) is 0.230. The predicted molar refractivity (Wildman–Crippen MR) is 129 cm³/mol. The van der Waals surface area contributed by atoms with Crippen molar-refractivity contribution in [3.05, 3.63) is 76.9 Å². The van der Waals surface area contributed by atoms with Gasteiger partial charge in [0.15, 0.2) is 10.8 Å². The van der Waals surface area contributed by atoms with E-state index in [9.17, 15) is 14.4 Å². The molecule has 0 N–H and O–H groups in total. The molecule has 5 rings (SSSR count). The van der Waals surface area contributed by atoms with Gasteiger partial charge in [0.1, 0.15) is 0 Å². The molecule has 0 saturated heterocycles. The number of thioether (sulfide) groups is 1. The summed E-state index contributed by atoms with van der Waals surface area (Å²) in [6.45, 7) is 5.96. The summed E-state index contributed by atoms with van der Waals surface area (Å²) in [5, 5.41) is 5.65. The van der Waals surface area contributed by atoms with Crippen LogP contribution in [-0.4, -0.2) is 27.1 Å². The van der Waals surface area contributed by atoms with Crippen molar-refractivity contribution >= 4 is 56.1 Å². The van der Waals surface area contributed by atoms with E-state index < -0.39 is 5.97 Å². The molecule has 1 aromatic heterocycles. The monoisotopic (exact) mass is 456 g/mol. The Hall–Kier alpha value is -3.71. The number of nitrogens with zero attached hydrogens (tertiary/aromatic N) is 2. The Kier molecular flexibility index (Phi) is 5.13. The molecule has 0 radical (unpaired) electrons. The Morgan fingerprint density at radius 3 is 2.52 bits per heavy atom. The van der Waals surface area contributed by atoms with Gasteiger partial charge in [0, 0.05) is 51.3 Å². The van der Waals surface area contributed by atoms with Gasteiger partial charge in [-0.25, -0.2) is 4.79 Å². The number of fused-ring (bicyclic) bond motifs is 4. The van der Waals surface area contributed by atoms with Crippen LogP contribution in [0.15, 0.2) is 64.6 Å². The largest absolute Gasteiger partial charge is 0.341 e. The zero-order valence-corrected chi connectivity index (χ0v) is 19.2. The highest BCUT2D eigenvalue weighted by Gasteiger charge is 2.30. The third kappa shape index (κ3) is 3.45. The molecule has 0 amide bonds. The fourth-order valence-corrected chi connectivity index (χ4v) is 5.20. The van der Waals surface area contributed by atoms with Crippen LogP contribution >= 0.6 is 11.8 Å². The minimum absolute atomic E-state index is 0.0315. The molecule has 0 atom stereocenters. The molecule has 6 nitrogen and oxygen atoms in total. The van der Waals surface area contributed by atoms with E-state index in [1.54, 1.807) is 0 Å². The number of rotatable bonds is 4. The molecule has 164 valence electrons. The fraction of sp³-hybridized carbons (Fsp3) is 0.154. The third-order valence-electron chi connectivity index (χ3n) is 5.84. The summed E-state index contributed by atoms with van der Waals surface area (Å²) in [5.74, 6) is -0.884. The second-order valence-electron chi connectivity index (χ2n) is 7.90. The molecule has 33 heavy (non-hydrogen) atoms. The number of aryl methyl sites for hydroxylation is 2. The lowest BCUT2D eigenvalue weighted by Crippen LogP contribution is -2.05. The average molecular weight is 457 g/mol. The molecular weight excluding hydrogens is 436 g/mol. The number of oxime groups is 1. The van der Waals surface area contributed by atoms with Crippen LogP contribution < -0.4 is 0 Å². The van der Waals surface area contributed by atoms with Crippen LogP contribution in [0, 0.1) is 6.92 Å². The van der Waals surface area contributed by atoms with Crippen molar-refractivity contribution in [2.45, 2.75) is 32.2 Å². The first-order valence-electron chi connectivity index (χ1n) is 10.6. The number of carbonyl (C=O) groups is 3. The van der Waals surface area contributed by atoms with E-state index in [1.807, 2.05) is 61.5 Å². The first-order valence-corrected chi connectivity index (χ1v) is 11.4. The second kappa shape index (κ2) is 8.01. The molecule has 0 saturated carbocycles. The van der Waals surface area contributed by atoms with Crippen LogP contribution in [0.4, 0.5) is 0 Å². The molecule has 0 aliphatic carbocycles. The van der Waals surface area contributed by atoms with E-state index >= 15 is 0 Å². The standard InChI is InChI=1S/C26H20N2O4S/c1-4-28-21-10-9-16(24(30)17-8-6-5-7-14(17)2)11-18(21)19-12-20-23(13-22(19)28)33-26(25(20)31)27-32-15(3)29/h5-13H,4H2,1-3H3. The Balaban J connectivity index is 1.67. The zero-order chi connectivity index (χ0) is 23.3. The Morgan fingerprint density at radius 2 is 1.79 bits per heavy atom. The van der Waals surface area contributed by atoms with Gasteiger partial charge in [-0.15, -0.1) is 0 Å². The van der Waals surface area contributed by atoms with Crippen LogP contribution in [0.3, 0.4) is 0 Å². The highest BCUT2D eigenvalue weighted by Crippen LogP contribution is 2.40. The molecule has 0 unspecified atom stereocenters. The van der Waals surface area contributed by atoms with Crippen LogP contribution in [0.2, 0.25) is 0 Å². The minimum Gasteiger partial charge on any atom is -0.341 e. The molecule has 2 heterocycles. The number of aromatic nitrogens is 1. The first kappa shape index (κ1) is 21.2. The van der Waals surface area contributed by atoms with Crippen molar-refractivity contribution in [2.24, 2.45) is 5.16 Å². The summed E-state index contributed by atoms with van der Waals surface area (Å²) in [4.78, 5) is 42.6. The van der Waals surface area contributed by atoms with Gasteiger partial charge in [-0.2, -0.15) is 0 Å². The zero-order valence-electron chi connectivity index (χ0n) is 18.3. The summed E-state index contributed by atoms with van der Waals surface area (Å²) in [5.41, 5.74) is 4.70. The Morgan fingerprint density at radius 1 is 1.03 bits per heavy atom. The van der Waals surface area contributed by atoms with Crippen LogP contribution in [0.1, 0.15) is 45.7 Å². The van der Waals surface area contributed by atoms with E-state index in [-0.39, 0.29) is 16.6 Å². The van der Waals surface area contributed by atoms with Crippen molar-refractivity contribution in [1.29, 1.82) is 0 Å². The van der Waals surface area contributed by atoms with Crippen LogP contribution in [-0.2, 0) is 16.2 Å². The average Bonchev–Trinajstić information content (AvgIpc) is 3.29. The molecule has 1 aliphatic heterocycles. The van der Waals surface area contributed by atoms with E-state index in [2.05, 4.69) is 21.5 Å². The van der Waals surface area contributed by atoms with Gasteiger partial charge < -0.3 is 9.40 Å². The van der Waals surface area contributed by atoms with Crippen molar-refractivity contribution in [2.75, 3.05) is 0 Å². The summed E-state index contributed by atoms with van der Waals surface area (Å²) in [7, 11) is 0. The minimum atomic E-state index is -0.578. The Labute approximate surface area is 194 Å². The maximum atomic E-state index is 13.2. The molecule has 0 bridgehead atoms. The van der Waals surface area contributed by atoms with Gasteiger partial charge >= 0.3 is 5.97 Å². The van der Waals surface area contributed by atoms with E-state index in [0.717, 1.165) is 38.8 Å². The second-order valence-corrected chi connectivity index (χ2v) is 8.93. The normalized spacial score (nSPS) is 14.3. The lowest BCUT2D eigenvalue weighted by Gasteiger charge is -2.06. The molecule has 4 aromatic rings. The highest BCUT2D eigenvalue weighted by molar-refractivity contribution is 8.16. The van der Waals surface area contributed by atoms with Crippen molar-refractivity contribution in [3.63, 3.8) is 0 Å². The number of ketones is 2. The van der Waals surface area contributed by atoms with E-state index in [1.165, 1.54) is 18.7 Å².